The zero-order valence-corrected chi connectivity index (χ0v) is 10.4. The molecule has 0 bridgehead atoms. The lowest BCUT2D eigenvalue weighted by Crippen LogP contribution is -2.28. The van der Waals surface area contributed by atoms with Crippen LogP contribution in [-0.4, -0.2) is 36.2 Å². The van der Waals surface area contributed by atoms with Crippen LogP contribution < -0.4 is 15.4 Å². The van der Waals surface area contributed by atoms with E-state index in [0.29, 0.717) is 17.9 Å². The molecule has 0 spiro atoms. The normalized spacial score (nSPS) is 10.6. The molecule has 0 aliphatic carbocycles. The van der Waals surface area contributed by atoms with E-state index in [1.54, 1.807) is 13.2 Å². The van der Waals surface area contributed by atoms with E-state index in [4.69, 9.17) is 4.74 Å². The van der Waals surface area contributed by atoms with Crippen molar-refractivity contribution in [3.63, 3.8) is 0 Å². The molecule has 0 aliphatic heterocycles. The summed E-state index contributed by atoms with van der Waals surface area (Å²) in [6.45, 7) is 7.84. The van der Waals surface area contributed by atoms with Crippen molar-refractivity contribution in [2.75, 3.05) is 25.5 Å². The molecule has 1 aromatic heterocycles. The highest BCUT2D eigenvalue weighted by Gasteiger charge is 2.01. The summed E-state index contributed by atoms with van der Waals surface area (Å²) in [5.41, 5.74) is 0.895. The molecule has 0 aromatic carbocycles. The molecule has 1 aromatic rings. The van der Waals surface area contributed by atoms with Gasteiger partial charge in [0.1, 0.15) is 0 Å². The molecule has 1 rings (SSSR count). The number of aromatic nitrogens is 2. The summed E-state index contributed by atoms with van der Waals surface area (Å²) in [5, 5.41) is 6.46. The van der Waals surface area contributed by atoms with Crippen molar-refractivity contribution in [2.24, 2.45) is 0 Å². The quantitative estimate of drug-likeness (QED) is 0.711. The van der Waals surface area contributed by atoms with E-state index in [2.05, 4.69) is 34.4 Å². The summed E-state index contributed by atoms with van der Waals surface area (Å²) in [7, 11) is 1.60. The monoisotopic (exact) mass is 224 g/mol. The summed E-state index contributed by atoms with van der Waals surface area (Å²) in [4.78, 5) is 8.46. The van der Waals surface area contributed by atoms with Gasteiger partial charge in [-0.1, -0.05) is 13.8 Å². The molecular weight excluding hydrogens is 204 g/mol. The van der Waals surface area contributed by atoms with Crippen LogP contribution >= 0.6 is 0 Å². The third-order valence-corrected chi connectivity index (χ3v) is 2.00. The number of hydrogen-bond acceptors (Lipinski definition) is 5. The first-order valence-electron chi connectivity index (χ1n) is 5.48. The predicted octanol–water partition coefficient (Wildman–Crippen LogP) is 1.20. The van der Waals surface area contributed by atoms with E-state index in [1.807, 2.05) is 6.92 Å². The van der Waals surface area contributed by atoms with Gasteiger partial charge >= 0.3 is 0 Å². The molecule has 0 fully saturated rings. The van der Waals surface area contributed by atoms with Gasteiger partial charge in [-0.05, 0) is 6.92 Å². The average molecular weight is 224 g/mol. The van der Waals surface area contributed by atoms with Crippen molar-refractivity contribution in [3.8, 4) is 5.88 Å². The molecule has 0 atom stereocenters. The van der Waals surface area contributed by atoms with Crippen molar-refractivity contribution < 1.29 is 4.74 Å². The lowest BCUT2D eigenvalue weighted by atomic mass is 10.4. The van der Waals surface area contributed by atoms with Gasteiger partial charge in [0, 0.05) is 30.9 Å². The van der Waals surface area contributed by atoms with Crippen molar-refractivity contribution in [3.05, 3.63) is 11.8 Å². The number of hydrogen-bond donors (Lipinski definition) is 2. The molecule has 5 nitrogen and oxygen atoms in total. The van der Waals surface area contributed by atoms with Gasteiger partial charge in [0.15, 0.2) is 0 Å². The van der Waals surface area contributed by atoms with Crippen LogP contribution in [0.5, 0.6) is 5.88 Å². The largest absolute Gasteiger partial charge is 0.481 e. The number of methoxy groups -OCH3 is 1. The zero-order chi connectivity index (χ0) is 12.0. The predicted molar refractivity (Wildman–Crippen MR) is 64.9 cm³/mol. The minimum Gasteiger partial charge on any atom is -0.481 e. The van der Waals surface area contributed by atoms with Gasteiger partial charge in [0.05, 0.1) is 7.11 Å². The summed E-state index contributed by atoms with van der Waals surface area (Å²) in [6.07, 6.45) is 0. The topological polar surface area (TPSA) is 59.1 Å². The van der Waals surface area contributed by atoms with Gasteiger partial charge in [0.2, 0.25) is 11.8 Å². The van der Waals surface area contributed by atoms with Gasteiger partial charge in [-0.15, -0.1) is 0 Å². The van der Waals surface area contributed by atoms with E-state index in [1.165, 1.54) is 0 Å². The fraction of sp³-hybridized carbons (Fsp3) is 0.636. The number of nitrogens with zero attached hydrogens (tertiary/aromatic N) is 2. The second-order valence-electron chi connectivity index (χ2n) is 3.91. The summed E-state index contributed by atoms with van der Waals surface area (Å²) in [6, 6.07) is 2.30. The Morgan fingerprint density at radius 1 is 1.31 bits per heavy atom. The number of ether oxygens (including phenoxy) is 1. The standard InChI is InChI=1S/C11H20N4O/c1-8(2)12-5-6-13-11-14-9(3)7-10(15-11)16-4/h7-8,12H,5-6H2,1-4H3,(H,13,14,15). The fourth-order valence-electron chi connectivity index (χ4n) is 1.26. The Kier molecular flexibility index (Phi) is 4.98. The van der Waals surface area contributed by atoms with Crippen molar-refractivity contribution >= 4 is 5.95 Å². The Labute approximate surface area is 96.6 Å². The van der Waals surface area contributed by atoms with Gasteiger partial charge < -0.3 is 15.4 Å². The van der Waals surface area contributed by atoms with Crippen LogP contribution in [0.4, 0.5) is 5.95 Å². The Morgan fingerprint density at radius 2 is 2.06 bits per heavy atom. The molecule has 0 unspecified atom stereocenters. The van der Waals surface area contributed by atoms with Gasteiger partial charge in [-0.25, -0.2) is 4.98 Å². The maximum Gasteiger partial charge on any atom is 0.226 e. The molecule has 90 valence electrons. The highest BCUT2D eigenvalue weighted by atomic mass is 16.5. The molecule has 0 aliphatic rings. The first-order chi connectivity index (χ1) is 7.61. The average Bonchev–Trinajstić information content (AvgIpc) is 2.23. The molecule has 0 saturated heterocycles. The van der Waals surface area contributed by atoms with E-state index < -0.39 is 0 Å². The number of rotatable bonds is 6. The summed E-state index contributed by atoms with van der Waals surface area (Å²) in [5.74, 6) is 1.20. The molecular formula is C11H20N4O. The molecule has 16 heavy (non-hydrogen) atoms. The second kappa shape index (κ2) is 6.27. The van der Waals surface area contributed by atoms with Crippen LogP contribution in [0.2, 0.25) is 0 Å². The number of nitrogens with one attached hydrogen (secondary N) is 2. The van der Waals surface area contributed by atoms with E-state index >= 15 is 0 Å². The van der Waals surface area contributed by atoms with Crippen LogP contribution in [0.15, 0.2) is 6.07 Å². The summed E-state index contributed by atoms with van der Waals surface area (Å²) < 4.78 is 5.07. The summed E-state index contributed by atoms with van der Waals surface area (Å²) >= 11 is 0. The van der Waals surface area contributed by atoms with E-state index in [-0.39, 0.29) is 0 Å². The van der Waals surface area contributed by atoms with Gasteiger partial charge in [0.25, 0.3) is 0 Å². The third-order valence-electron chi connectivity index (χ3n) is 2.00. The maximum atomic E-state index is 5.07. The Morgan fingerprint density at radius 3 is 2.69 bits per heavy atom. The number of anilines is 1. The van der Waals surface area contributed by atoms with Crippen LogP contribution in [0.3, 0.4) is 0 Å². The molecule has 2 N–H and O–H groups in total. The van der Waals surface area contributed by atoms with Gasteiger partial charge in [-0.3, -0.25) is 0 Å². The molecule has 0 saturated carbocycles. The van der Waals surface area contributed by atoms with Crippen LogP contribution in [0.25, 0.3) is 0 Å². The zero-order valence-electron chi connectivity index (χ0n) is 10.4. The Balaban J connectivity index is 2.44. The fourth-order valence-corrected chi connectivity index (χ4v) is 1.26. The number of aryl methyl sites for hydroxylation is 1. The molecule has 0 amide bonds. The molecule has 1 heterocycles. The van der Waals surface area contributed by atoms with Crippen LogP contribution in [0.1, 0.15) is 19.5 Å². The minimum absolute atomic E-state index is 0.495. The Bertz CT molecular complexity index is 328. The highest BCUT2D eigenvalue weighted by Crippen LogP contribution is 2.10. The third kappa shape index (κ3) is 4.44. The van der Waals surface area contributed by atoms with E-state index in [0.717, 1.165) is 18.8 Å². The maximum absolute atomic E-state index is 5.07. The van der Waals surface area contributed by atoms with Crippen LogP contribution in [0, 0.1) is 6.92 Å². The van der Waals surface area contributed by atoms with E-state index in [9.17, 15) is 0 Å². The lowest BCUT2D eigenvalue weighted by molar-refractivity contribution is 0.397. The smallest absolute Gasteiger partial charge is 0.226 e. The van der Waals surface area contributed by atoms with Crippen molar-refractivity contribution in [1.29, 1.82) is 0 Å². The highest BCUT2D eigenvalue weighted by molar-refractivity contribution is 5.30. The molecule has 5 heteroatoms. The van der Waals surface area contributed by atoms with Crippen molar-refractivity contribution in [2.45, 2.75) is 26.8 Å². The SMILES string of the molecule is COc1cc(C)nc(NCCNC(C)C)n1. The minimum atomic E-state index is 0.495. The molecule has 0 radical (unpaired) electrons. The lowest BCUT2D eigenvalue weighted by Gasteiger charge is -2.10. The van der Waals surface area contributed by atoms with Gasteiger partial charge in [-0.2, -0.15) is 4.98 Å². The Hall–Kier alpha value is -1.36. The van der Waals surface area contributed by atoms with Crippen LogP contribution in [-0.2, 0) is 0 Å². The first kappa shape index (κ1) is 12.7. The second-order valence-corrected chi connectivity index (χ2v) is 3.91. The van der Waals surface area contributed by atoms with Crippen molar-refractivity contribution in [1.82, 2.24) is 15.3 Å². The first-order valence-corrected chi connectivity index (χ1v) is 5.48.